The molecule has 1 aliphatic heterocycles. The predicted molar refractivity (Wildman–Crippen MR) is 87.9 cm³/mol. The maximum Gasteiger partial charge on any atom is 0.328 e. The summed E-state index contributed by atoms with van der Waals surface area (Å²) < 4.78 is 5.70. The first-order valence-electron chi connectivity index (χ1n) is 7.25. The average Bonchev–Trinajstić information content (AvgIpc) is 3.07. The molecule has 3 amide bonds. The average molecular weight is 328 g/mol. The van der Waals surface area contributed by atoms with Gasteiger partial charge in [0.15, 0.2) is 5.09 Å². The number of likely N-dealkylation sites (N-methyl/N-ethyl adjacent to an activating group) is 1. The van der Waals surface area contributed by atoms with Crippen molar-refractivity contribution in [2.75, 3.05) is 6.54 Å². The Bertz CT molecular complexity index is 777. The third-order valence-electron chi connectivity index (χ3n) is 3.41. The van der Waals surface area contributed by atoms with E-state index >= 15 is 0 Å². The summed E-state index contributed by atoms with van der Waals surface area (Å²) >= 11 is 1.50. The molecule has 1 aromatic heterocycles. The fourth-order valence-corrected chi connectivity index (χ4v) is 2.97. The normalized spacial score (nSPS) is 16.3. The molecule has 2 heterocycles. The van der Waals surface area contributed by atoms with Gasteiger partial charge in [0.2, 0.25) is 0 Å². The highest BCUT2D eigenvalue weighted by molar-refractivity contribution is 7.99. The Labute approximate surface area is 138 Å². The standard InChI is InChI=1S/C17H16N2O3S/c1-3-19-16(20)14(18-17(19)21)10-12-6-9-15(22-12)23-13-7-4-11(2)5-8-13/h4-10H,3H2,1-2H3,(H,18,21)/b14-10+. The predicted octanol–water partition coefficient (Wildman–Crippen LogP) is 3.65. The second-order valence-electron chi connectivity index (χ2n) is 5.11. The lowest BCUT2D eigenvalue weighted by molar-refractivity contribution is -0.122. The molecule has 0 aliphatic carbocycles. The highest BCUT2D eigenvalue weighted by Crippen LogP contribution is 2.30. The molecule has 0 unspecified atom stereocenters. The summed E-state index contributed by atoms with van der Waals surface area (Å²) in [7, 11) is 0. The molecule has 1 aliphatic rings. The van der Waals surface area contributed by atoms with E-state index in [-0.39, 0.29) is 11.6 Å². The Morgan fingerprint density at radius 1 is 1.17 bits per heavy atom. The Balaban J connectivity index is 1.75. The second kappa shape index (κ2) is 6.34. The first kappa shape index (κ1) is 15.4. The van der Waals surface area contributed by atoms with Crippen molar-refractivity contribution in [1.82, 2.24) is 10.2 Å². The van der Waals surface area contributed by atoms with Crippen LogP contribution in [0.4, 0.5) is 4.79 Å². The molecule has 1 fully saturated rings. The van der Waals surface area contributed by atoms with Crippen LogP contribution >= 0.6 is 11.8 Å². The van der Waals surface area contributed by atoms with Gasteiger partial charge in [0.1, 0.15) is 11.5 Å². The van der Waals surface area contributed by atoms with Gasteiger partial charge in [0.25, 0.3) is 5.91 Å². The third-order valence-corrected chi connectivity index (χ3v) is 4.34. The number of carbonyl (C=O) groups excluding carboxylic acids is 2. The number of nitrogens with one attached hydrogen (secondary N) is 1. The van der Waals surface area contributed by atoms with Crippen LogP contribution in [0.1, 0.15) is 18.2 Å². The highest BCUT2D eigenvalue weighted by atomic mass is 32.2. The van der Waals surface area contributed by atoms with Crippen LogP contribution in [-0.2, 0) is 4.79 Å². The van der Waals surface area contributed by atoms with E-state index in [0.717, 1.165) is 14.9 Å². The van der Waals surface area contributed by atoms with E-state index in [1.165, 1.54) is 17.3 Å². The van der Waals surface area contributed by atoms with E-state index in [4.69, 9.17) is 4.42 Å². The molecule has 1 saturated heterocycles. The van der Waals surface area contributed by atoms with Crippen molar-refractivity contribution in [2.24, 2.45) is 0 Å². The van der Waals surface area contributed by atoms with Crippen molar-refractivity contribution in [1.29, 1.82) is 0 Å². The number of benzene rings is 1. The summed E-state index contributed by atoms with van der Waals surface area (Å²) in [5.74, 6) is 0.197. The second-order valence-corrected chi connectivity index (χ2v) is 6.19. The van der Waals surface area contributed by atoms with Crippen molar-refractivity contribution >= 4 is 29.8 Å². The lowest BCUT2D eigenvalue weighted by atomic mass is 10.2. The van der Waals surface area contributed by atoms with E-state index in [2.05, 4.69) is 5.32 Å². The van der Waals surface area contributed by atoms with Gasteiger partial charge in [-0.25, -0.2) is 4.79 Å². The highest BCUT2D eigenvalue weighted by Gasteiger charge is 2.32. The maximum absolute atomic E-state index is 12.0. The number of hydrogen-bond acceptors (Lipinski definition) is 4. The summed E-state index contributed by atoms with van der Waals surface area (Å²) in [6.45, 7) is 4.14. The Morgan fingerprint density at radius 3 is 2.57 bits per heavy atom. The summed E-state index contributed by atoms with van der Waals surface area (Å²) in [6, 6.07) is 11.4. The summed E-state index contributed by atoms with van der Waals surface area (Å²) in [5.41, 5.74) is 1.44. The Kier molecular flexibility index (Phi) is 4.25. The summed E-state index contributed by atoms with van der Waals surface area (Å²) in [4.78, 5) is 25.8. The summed E-state index contributed by atoms with van der Waals surface area (Å²) in [5, 5.41) is 3.28. The zero-order valence-electron chi connectivity index (χ0n) is 12.8. The molecule has 0 bridgehead atoms. The maximum atomic E-state index is 12.0. The van der Waals surface area contributed by atoms with E-state index in [1.54, 1.807) is 19.1 Å². The minimum Gasteiger partial charge on any atom is -0.450 e. The zero-order valence-corrected chi connectivity index (χ0v) is 13.6. The quantitative estimate of drug-likeness (QED) is 0.687. The van der Waals surface area contributed by atoms with Crippen LogP contribution < -0.4 is 5.32 Å². The lowest BCUT2D eigenvalue weighted by Gasteiger charge is -2.05. The van der Waals surface area contributed by atoms with Crippen molar-refractivity contribution in [2.45, 2.75) is 23.8 Å². The van der Waals surface area contributed by atoms with E-state index in [1.807, 2.05) is 37.3 Å². The first-order valence-corrected chi connectivity index (χ1v) is 8.07. The zero-order chi connectivity index (χ0) is 16.4. The van der Waals surface area contributed by atoms with Crippen molar-refractivity contribution in [3.8, 4) is 0 Å². The summed E-state index contributed by atoms with van der Waals surface area (Å²) in [6.07, 6.45) is 1.55. The molecular weight excluding hydrogens is 312 g/mol. The minimum atomic E-state index is -0.399. The fraction of sp³-hybridized carbons (Fsp3) is 0.176. The monoisotopic (exact) mass is 328 g/mol. The Hall–Kier alpha value is -2.47. The topological polar surface area (TPSA) is 62.6 Å². The molecule has 3 rings (SSSR count). The fourth-order valence-electron chi connectivity index (χ4n) is 2.19. The molecule has 5 nitrogen and oxygen atoms in total. The number of hydrogen-bond donors (Lipinski definition) is 1. The molecule has 6 heteroatoms. The smallest absolute Gasteiger partial charge is 0.328 e. The first-order chi connectivity index (χ1) is 11.1. The number of furan rings is 1. The van der Waals surface area contributed by atoms with Gasteiger partial charge in [-0.1, -0.05) is 29.5 Å². The van der Waals surface area contributed by atoms with Gasteiger partial charge in [-0.15, -0.1) is 0 Å². The molecule has 1 aromatic carbocycles. The number of aryl methyl sites for hydroxylation is 1. The van der Waals surface area contributed by atoms with Gasteiger partial charge in [-0.3, -0.25) is 9.69 Å². The van der Waals surface area contributed by atoms with Crippen LogP contribution in [0, 0.1) is 6.92 Å². The van der Waals surface area contributed by atoms with Crippen LogP contribution in [0.3, 0.4) is 0 Å². The molecule has 1 N–H and O–H groups in total. The third kappa shape index (κ3) is 3.32. The molecule has 0 spiro atoms. The lowest BCUT2D eigenvalue weighted by Crippen LogP contribution is -2.30. The molecular formula is C17H16N2O3S. The molecule has 0 atom stereocenters. The van der Waals surface area contributed by atoms with Crippen molar-refractivity contribution < 1.29 is 14.0 Å². The van der Waals surface area contributed by atoms with Crippen LogP contribution in [-0.4, -0.2) is 23.4 Å². The number of urea groups is 1. The minimum absolute atomic E-state index is 0.234. The molecule has 0 saturated carbocycles. The number of rotatable bonds is 4. The molecule has 0 radical (unpaired) electrons. The number of amides is 3. The number of carbonyl (C=O) groups is 2. The van der Waals surface area contributed by atoms with Crippen LogP contribution in [0.2, 0.25) is 0 Å². The van der Waals surface area contributed by atoms with Gasteiger partial charge in [0, 0.05) is 17.5 Å². The van der Waals surface area contributed by atoms with Crippen LogP contribution in [0.5, 0.6) is 0 Å². The van der Waals surface area contributed by atoms with Gasteiger partial charge in [-0.2, -0.15) is 0 Å². The number of nitrogens with zero attached hydrogens (tertiary/aromatic N) is 1. The van der Waals surface area contributed by atoms with E-state index in [0.29, 0.717) is 12.3 Å². The van der Waals surface area contributed by atoms with E-state index in [9.17, 15) is 9.59 Å². The number of imide groups is 1. The Morgan fingerprint density at radius 2 is 1.91 bits per heavy atom. The van der Waals surface area contributed by atoms with Gasteiger partial charge in [0.05, 0.1) is 0 Å². The molecule has 2 aromatic rings. The van der Waals surface area contributed by atoms with Crippen molar-refractivity contribution in [3.05, 3.63) is 53.4 Å². The van der Waals surface area contributed by atoms with Gasteiger partial charge < -0.3 is 9.73 Å². The van der Waals surface area contributed by atoms with Crippen LogP contribution in [0.25, 0.3) is 6.08 Å². The van der Waals surface area contributed by atoms with Crippen molar-refractivity contribution in [3.63, 3.8) is 0 Å². The van der Waals surface area contributed by atoms with Crippen LogP contribution in [0.15, 0.2) is 56.5 Å². The van der Waals surface area contributed by atoms with E-state index < -0.39 is 6.03 Å². The molecule has 23 heavy (non-hydrogen) atoms. The van der Waals surface area contributed by atoms with Gasteiger partial charge in [-0.05, 0) is 38.1 Å². The SMILES string of the molecule is CCN1C(=O)N/C(=C/c2ccc(Sc3ccc(C)cc3)o2)C1=O. The largest absolute Gasteiger partial charge is 0.450 e. The molecule has 118 valence electrons. The van der Waals surface area contributed by atoms with Gasteiger partial charge >= 0.3 is 6.03 Å².